The van der Waals surface area contributed by atoms with Gasteiger partial charge < -0.3 is 5.32 Å². The van der Waals surface area contributed by atoms with Crippen LogP contribution in [0.1, 0.15) is 33.6 Å². The van der Waals surface area contributed by atoms with Crippen molar-refractivity contribution in [2.45, 2.75) is 39.7 Å². The lowest BCUT2D eigenvalue weighted by Crippen LogP contribution is -2.48. The van der Waals surface area contributed by atoms with Gasteiger partial charge in [0.2, 0.25) is 5.91 Å². The minimum atomic E-state index is -0.288. The fraction of sp³-hybridized carbons (Fsp3) is 0.538. The molecule has 1 amide bonds. The predicted octanol–water partition coefficient (Wildman–Crippen LogP) is 1.99. The van der Waals surface area contributed by atoms with E-state index in [1.165, 1.54) is 6.08 Å². The summed E-state index contributed by atoms with van der Waals surface area (Å²) in [5.41, 5.74) is 0.214. The van der Waals surface area contributed by atoms with Crippen molar-refractivity contribution in [3.05, 3.63) is 24.3 Å². The van der Waals surface area contributed by atoms with E-state index >= 15 is 0 Å². The van der Waals surface area contributed by atoms with E-state index in [-0.39, 0.29) is 23.1 Å². The molecule has 3 nitrogen and oxygen atoms in total. The molecule has 0 heterocycles. The van der Waals surface area contributed by atoms with E-state index in [0.717, 1.165) is 6.42 Å². The normalized spacial score (nSPS) is 23.3. The molecule has 1 aliphatic carbocycles. The number of hydrogen-bond acceptors (Lipinski definition) is 2. The first-order valence-electron chi connectivity index (χ1n) is 5.60. The van der Waals surface area contributed by atoms with E-state index < -0.39 is 0 Å². The number of carbonyl (C=O) groups is 2. The molecule has 0 saturated carbocycles. The second kappa shape index (κ2) is 4.64. The Labute approximate surface area is 96.6 Å². The molecular weight excluding hydrogens is 202 g/mol. The third-order valence-corrected chi connectivity index (χ3v) is 2.86. The number of allylic oxidation sites excluding steroid dienone is 1. The lowest BCUT2D eigenvalue weighted by molar-refractivity contribution is -0.122. The molecular formula is C13H19NO2. The second-order valence-corrected chi connectivity index (χ2v) is 4.79. The fourth-order valence-corrected chi connectivity index (χ4v) is 1.82. The van der Waals surface area contributed by atoms with Gasteiger partial charge in [-0.1, -0.05) is 33.4 Å². The average Bonchev–Trinajstić information content (AvgIpc) is 2.20. The highest BCUT2D eigenvalue weighted by Gasteiger charge is 2.35. The van der Waals surface area contributed by atoms with Gasteiger partial charge in [-0.15, -0.1) is 0 Å². The van der Waals surface area contributed by atoms with Gasteiger partial charge in [0.05, 0.1) is 6.04 Å². The quantitative estimate of drug-likeness (QED) is 0.741. The van der Waals surface area contributed by atoms with Gasteiger partial charge in [0.15, 0.2) is 5.78 Å². The lowest BCUT2D eigenvalue weighted by atomic mass is 9.75. The van der Waals surface area contributed by atoms with Crippen LogP contribution in [0.5, 0.6) is 0 Å². The first kappa shape index (κ1) is 12.7. The summed E-state index contributed by atoms with van der Waals surface area (Å²) >= 11 is 0. The van der Waals surface area contributed by atoms with E-state index in [1.807, 2.05) is 26.8 Å². The highest BCUT2D eigenvalue weighted by atomic mass is 16.2. The van der Waals surface area contributed by atoms with Gasteiger partial charge in [0.1, 0.15) is 0 Å². The average molecular weight is 221 g/mol. The van der Waals surface area contributed by atoms with Crippen LogP contribution in [0, 0.1) is 5.41 Å². The minimum Gasteiger partial charge on any atom is -0.348 e. The zero-order chi connectivity index (χ0) is 12.3. The molecule has 3 heteroatoms. The van der Waals surface area contributed by atoms with Gasteiger partial charge in [0.25, 0.3) is 0 Å². The van der Waals surface area contributed by atoms with Crippen molar-refractivity contribution >= 4 is 11.7 Å². The number of hydrogen-bond donors (Lipinski definition) is 1. The summed E-state index contributed by atoms with van der Waals surface area (Å²) in [6.07, 6.45) is 4.65. The topological polar surface area (TPSA) is 46.2 Å². The number of amides is 1. The van der Waals surface area contributed by atoms with Crippen molar-refractivity contribution in [2.75, 3.05) is 0 Å². The smallest absolute Gasteiger partial charge is 0.220 e. The van der Waals surface area contributed by atoms with Crippen LogP contribution >= 0.6 is 0 Å². The highest BCUT2D eigenvalue weighted by Crippen LogP contribution is 2.31. The minimum absolute atomic E-state index is 0.0233. The molecule has 0 aliphatic heterocycles. The van der Waals surface area contributed by atoms with Crippen LogP contribution in [-0.4, -0.2) is 17.7 Å². The van der Waals surface area contributed by atoms with E-state index in [2.05, 4.69) is 11.9 Å². The van der Waals surface area contributed by atoms with Crippen molar-refractivity contribution in [1.82, 2.24) is 5.32 Å². The molecule has 16 heavy (non-hydrogen) atoms. The number of nitrogens with one attached hydrogen (secondary N) is 1. The summed E-state index contributed by atoms with van der Waals surface area (Å²) in [4.78, 5) is 23.1. The molecule has 0 aromatic rings. The lowest BCUT2D eigenvalue weighted by Gasteiger charge is -2.35. The number of ketones is 1. The molecule has 0 aromatic carbocycles. The van der Waals surface area contributed by atoms with E-state index in [0.29, 0.717) is 12.0 Å². The van der Waals surface area contributed by atoms with Gasteiger partial charge in [-0.05, 0) is 12.5 Å². The van der Waals surface area contributed by atoms with Crippen LogP contribution in [0.2, 0.25) is 0 Å². The maximum absolute atomic E-state index is 11.6. The van der Waals surface area contributed by atoms with Crippen molar-refractivity contribution < 1.29 is 9.59 Å². The van der Waals surface area contributed by atoms with Crippen LogP contribution < -0.4 is 5.32 Å². The van der Waals surface area contributed by atoms with Crippen molar-refractivity contribution in [1.29, 1.82) is 0 Å². The van der Waals surface area contributed by atoms with Gasteiger partial charge in [0, 0.05) is 17.4 Å². The Morgan fingerprint density at radius 3 is 2.75 bits per heavy atom. The SMILES string of the molecule is C=C1C(=O)C=CC(C)(C)C1NC(=O)CCC. The largest absolute Gasteiger partial charge is 0.348 e. The molecule has 0 fully saturated rings. The Morgan fingerprint density at radius 2 is 2.19 bits per heavy atom. The summed E-state index contributed by atoms with van der Waals surface area (Å²) < 4.78 is 0. The molecule has 0 saturated heterocycles. The Bertz CT molecular complexity index is 353. The first-order chi connectivity index (χ1) is 7.38. The maximum atomic E-state index is 11.6. The van der Waals surface area contributed by atoms with Gasteiger partial charge >= 0.3 is 0 Å². The molecule has 0 aromatic heterocycles. The zero-order valence-corrected chi connectivity index (χ0v) is 10.2. The zero-order valence-electron chi connectivity index (χ0n) is 10.2. The maximum Gasteiger partial charge on any atom is 0.220 e. The van der Waals surface area contributed by atoms with Crippen molar-refractivity contribution in [3.8, 4) is 0 Å². The third-order valence-electron chi connectivity index (χ3n) is 2.86. The van der Waals surface area contributed by atoms with Crippen LogP contribution in [0.3, 0.4) is 0 Å². The summed E-state index contributed by atoms with van der Waals surface area (Å²) in [6.45, 7) is 9.69. The molecule has 1 unspecified atom stereocenters. The van der Waals surface area contributed by atoms with Gasteiger partial charge in [-0.2, -0.15) is 0 Å². The Balaban J connectivity index is 2.84. The molecule has 88 valence electrons. The van der Waals surface area contributed by atoms with Crippen LogP contribution in [0.4, 0.5) is 0 Å². The Kier molecular flexibility index (Phi) is 3.68. The number of carbonyl (C=O) groups excluding carboxylic acids is 2. The van der Waals surface area contributed by atoms with Gasteiger partial charge in [-0.3, -0.25) is 9.59 Å². The summed E-state index contributed by atoms with van der Waals surface area (Å²) in [5.74, 6) is -0.119. The summed E-state index contributed by atoms with van der Waals surface area (Å²) in [7, 11) is 0. The highest BCUT2D eigenvalue weighted by molar-refractivity contribution is 6.06. The second-order valence-electron chi connectivity index (χ2n) is 4.79. The fourth-order valence-electron chi connectivity index (χ4n) is 1.82. The number of rotatable bonds is 3. The summed E-state index contributed by atoms with van der Waals surface area (Å²) in [5, 5.41) is 2.88. The third kappa shape index (κ3) is 2.60. The Hall–Kier alpha value is -1.38. The summed E-state index contributed by atoms with van der Waals surface area (Å²) in [6, 6.07) is -0.288. The van der Waals surface area contributed by atoms with Gasteiger partial charge in [-0.25, -0.2) is 0 Å². The predicted molar refractivity (Wildman–Crippen MR) is 63.9 cm³/mol. The monoisotopic (exact) mass is 221 g/mol. The Morgan fingerprint density at radius 1 is 1.56 bits per heavy atom. The standard InChI is InChI=1S/C13H19NO2/c1-5-6-11(16)14-12-9(2)10(15)7-8-13(12,3)4/h7-8,12H,2,5-6H2,1,3-4H3,(H,14,16). The van der Waals surface area contributed by atoms with Crippen LogP contribution in [0.25, 0.3) is 0 Å². The molecule has 1 N–H and O–H groups in total. The molecule has 1 aliphatic rings. The van der Waals surface area contributed by atoms with E-state index in [4.69, 9.17) is 0 Å². The molecule has 1 atom stereocenters. The van der Waals surface area contributed by atoms with E-state index in [9.17, 15) is 9.59 Å². The molecule has 0 radical (unpaired) electrons. The van der Waals surface area contributed by atoms with Crippen LogP contribution in [-0.2, 0) is 9.59 Å². The van der Waals surface area contributed by atoms with E-state index in [1.54, 1.807) is 0 Å². The molecule has 0 bridgehead atoms. The molecule has 0 spiro atoms. The van der Waals surface area contributed by atoms with Crippen molar-refractivity contribution in [2.24, 2.45) is 5.41 Å². The molecule has 1 rings (SSSR count). The van der Waals surface area contributed by atoms with Crippen molar-refractivity contribution in [3.63, 3.8) is 0 Å². The van der Waals surface area contributed by atoms with Crippen LogP contribution in [0.15, 0.2) is 24.3 Å². The first-order valence-corrected chi connectivity index (χ1v) is 5.60.